The summed E-state index contributed by atoms with van der Waals surface area (Å²) < 4.78 is 37.6. The van der Waals surface area contributed by atoms with Crippen LogP contribution in [0.3, 0.4) is 0 Å². The van der Waals surface area contributed by atoms with Crippen LogP contribution in [0.15, 0.2) is 53.4 Å². The molecule has 0 saturated carbocycles. The van der Waals surface area contributed by atoms with Gasteiger partial charge in [-0.05, 0) is 43.3 Å². The van der Waals surface area contributed by atoms with Gasteiger partial charge in [-0.15, -0.1) is 0 Å². The van der Waals surface area contributed by atoms with Crippen LogP contribution in [0.2, 0.25) is 0 Å². The molecule has 0 unspecified atom stereocenters. The average molecular weight is 448 g/mol. The number of sulfonamides is 1. The van der Waals surface area contributed by atoms with Gasteiger partial charge in [0.25, 0.3) is 15.9 Å². The summed E-state index contributed by atoms with van der Waals surface area (Å²) in [6.45, 7) is 6.38. The summed E-state index contributed by atoms with van der Waals surface area (Å²) in [4.78, 5) is 14.5. The summed E-state index contributed by atoms with van der Waals surface area (Å²) >= 11 is 0. The minimum atomic E-state index is -3.65. The predicted molar refractivity (Wildman–Crippen MR) is 119 cm³/mol. The second-order valence-corrected chi connectivity index (χ2v) is 9.34. The fourth-order valence-corrected chi connectivity index (χ4v) is 4.33. The van der Waals surface area contributed by atoms with E-state index in [1.165, 1.54) is 11.4 Å². The maximum absolute atomic E-state index is 12.8. The molecule has 1 heterocycles. The van der Waals surface area contributed by atoms with Crippen LogP contribution in [0.25, 0.3) is 0 Å². The Kier molecular flexibility index (Phi) is 7.89. The number of aryl methyl sites for hydroxylation is 1. The molecule has 2 aromatic rings. The molecule has 168 valence electrons. The molecule has 0 atom stereocenters. The van der Waals surface area contributed by atoms with E-state index >= 15 is 0 Å². The Labute approximate surface area is 183 Å². The van der Waals surface area contributed by atoms with E-state index in [4.69, 9.17) is 9.47 Å². The van der Waals surface area contributed by atoms with E-state index in [2.05, 4.69) is 10.2 Å². The van der Waals surface area contributed by atoms with E-state index in [1.54, 1.807) is 48.5 Å². The Bertz CT molecular complexity index is 956. The standard InChI is InChI=1S/C22H29N3O5S/c1-18-3-9-21(10-4-18)31(27,28)24(2)19-5-7-20(8-6-19)30-17-22(26)23-11-12-25-13-15-29-16-14-25/h3-10H,11-17H2,1-2H3,(H,23,26). The van der Waals surface area contributed by atoms with E-state index in [0.29, 0.717) is 18.0 Å². The van der Waals surface area contributed by atoms with Crippen LogP contribution in [0.1, 0.15) is 5.56 Å². The molecule has 0 radical (unpaired) electrons. The van der Waals surface area contributed by atoms with Gasteiger partial charge >= 0.3 is 0 Å². The summed E-state index contributed by atoms with van der Waals surface area (Å²) in [5.41, 5.74) is 1.50. The van der Waals surface area contributed by atoms with Gasteiger partial charge in [0.05, 0.1) is 23.8 Å². The smallest absolute Gasteiger partial charge is 0.264 e. The van der Waals surface area contributed by atoms with Crippen molar-refractivity contribution in [2.75, 3.05) is 57.4 Å². The van der Waals surface area contributed by atoms with Crippen LogP contribution >= 0.6 is 0 Å². The first-order valence-corrected chi connectivity index (χ1v) is 11.7. The lowest BCUT2D eigenvalue weighted by Gasteiger charge is -2.26. The van der Waals surface area contributed by atoms with Gasteiger partial charge in [-0.25, -0.2) is 8.42 Å². The maximum Gasteiger partial charge on any atom is 0.264 e. The normalized spacial score (nSPS) is 14.8. The van der Waals surface area contributed by atoms with Crippen LogP contribution in [0.5, 0.6) is 5.75 Å². The lowest BCUT2D eigenvalue weighted by Crippen LogP contribution is -2.42. The fraction of sp³-hybridized carbons (Fsp3) is 0.409. The molecule has 3 rings (SSSR count). The number of carbonyl (C=O) groups is 1. The summed E-state index contributed by atoms with van der Waals surface area (Å²) in [6, 6.07) is 13.3. The van der Waals surface area contributed by atoms with Crippen LogP contribution < -0.4 is 14.4 Å². The Morgan fingerprint density at radius 1 is 1.10 bits per heavy atom. The number of hydrogen-bond acceptors (Lipinski definition) is 6. The van der Waals surface area contributed by atoms with Crippen LogP contribution in [-0.4, -0.2) is 72.3 Å². The summed E-state index contributed by atoms with van der Waals surface area (Å²) in [5.74, 6) is 0.296. The molecule has 0 aromatic heterocycles. The molecule has 1 aliphatic heterocycles. The van der Waals surface area contributed by atoms with Gasteiger partial charge in [0.15, 0.2) is 6.61 Å². The van der Waals surface area contributed by atoms with Gasteiger partial charge in [0, 0.05) is 33.2 Å². The van der Waals surface area contributed by atoms with Gasteiger partial charge in [-0.1, -0.05) is 17.7 Å². The highest BCUT2D eigenvalue weighted by atomic mass is 32.2. The highest BCUT2D eigenvalue weighted by Crippen LogP contribution is 2.24. The zero-order chi connectivity index (χ0) is 22.3. The van der Waals surface area contributed by atoms with Crippen LogP contribution in [-0.2, 0) is 19.6 Å². The average Bonchev–Trinajstić information content (AvgIpc) is 2.78. The van der Waals surface area contributed by atoms with Crippen molar-refractivity contribution in [3.63, 3.8) is 0 Å². The minimum absolute atomic E-state index is 0.0973. The quantitative estimate of drug-likeness (QED) is 0.629. The van der Waals surface area contributed by atoms with E-state index in [9.17, 15) is 13.2 Å². The molecule has 8 nitrogen and oxygen atoms in total. The van der Waals surface area contributed by atoms with E-state index in [0.717, 1.165) is 38.4 Å². The first-order valence-electron chi connectivity index (χ1n) is 10.2. The number of rotatable bonds is 9. The van der Waals surface area contributed by atoms with E-state index in [-0.39, 0.29) is 17.4 Å². The molecule has 31 heavy (non-hydrogen) atoms. The van der Waals surface area contributed by atoms with Crippen molar-refractivity contribution >= 4 is 21.6 Å². The van der Waals surface area contributed by atoms with Crippen LogP contribution in [0, 0.1) is 6.92 Å². The number of carbonyl (C=O) groups excluding carboxylic acids is 1. The Balaban J connectivity index is 1.48. The number of anilines is 1. The number of ether oxygens (including phenoxy) is 2. The Morgan fingerprint density at radius 3 is 2.39 bits per heavy atom. The third-order valence-electron chi connectivity index (χ3n) is 5.10. The zero-order valence-electron chi connectivity index (χ0n) is 17.9. The molecule has 0 aliphatic carbocycles. The van der Waals surface area contributed by atoms with Crippen molar-refractivity contribution in [1.29, 1.82) is 0 Å². The summed E-state index contributed by atoms with van der Waals surface area (Å²) in [5, 5.41) is 2.84. The number of nitrogens with zero attached hydrogens (tertiary/aromatic N) is 2. The van der Waals surface area contributed by atoms with Crippen molar-refractivity contribution in [2.24, 2.45) is 0 Å². The molecular weight excluding hydrogens is 418 g/mol. The van der Waals surface area contributed by atoms with Crippen molar-refractivity contribution < 1.29 is 22.7 Å². The molecular formula is C22H29N3O5S. The molecule has 1 amide bonds. The number of nitrogens with one attached hydrogen (secondary N) is 1. The van der Waals surface area contributed by atoms with Gasteiger partial charge in [-0.2, -0.15) is 0 Å². The van der Waals surface area contributed by atoms with E-state index < -0.39 is 10.0 Å². The lowest BCUT2D eigenvalue weighted by molar-refractivity contribution is -0.123. The van der Waals surface area contributed by atoms with Crippen molar-refractivity contribution in [1.82, 2.24) is 10.2 Å². The highest BCUT2D eigenvalue weighted by Gasteiger charge is 2.21. The maximum atomic E-state index is 12.8. The highest BCUT2D eigenvalue weighted by molar-refractivity contribution is 7.92. The SMILES string of the molecule is Cc1ccc(S(=O)(=O)N(C)c2ccc(OCC(=O)NCCN3CCOCC3)cc2)cc1. The summed E-state index contributed by atoms with van der Waals surface area (Å²) in [6.07, 6.45) is 0. The number of morpholine rings is 1. The second kappa shape index (κ2) is 10.6. The van der Waals surface area contributed by atoms with Crippen LogP contribution in [0.4, 0.5) is 5.69 Å². The lowest BCUT2D eigenvalue weighted by atomic mass is 10.2. The van der Waals surface area contributed by atoms with Gasteiger partial charge < -0.3 is 14.8 Å². The second-order valence-electron chi connectivity index (χ2n) is 7.37. The number of amides is 1. The zero-order valence-corrected chi connectivity index (χ0v) is 18.7. The molecule has 2 aromatic carbocycles. The fourth-order valence-electron chi connectivity index (χ4n) is 3.14. The summed E-state index contributed by atoms with van der Waals surface area (Å²) in [7, 11) is -2.14. The number of benzene rings is 2. The Hall–Kier alpha value is -2.62. The van der Waals surface area contributed by atoms with Gasteiger partial charge in [0.2, 0.25) is 0 Å². The monoisotopic (exact) mass is 447 g/mol. The van der Waals surface area contributed by atoms with Crippen molar-refractivity contribution in [3.8, 4) is 5.75 Å². The molecule has 1 saturated heterocycles. The molecule has 1 fully saturated rings. The van der Waals surface area contributed by atoms with Crippen molar-refractivity contribution in [2.45, 2.75) is 11.8 Å². The first-order chi connectivity index (χ1) is 14.9. The van der Waals surface area contributed by atoms with Gasteiger partial charge in [-0.3, -0.25) is 14.0 Å². The molecule has 9 heteroatoms. The van der Waals surface area contributed by atoms with Gasteiger partial charge in [0.1, 0.15) is 5.75 Å². The molecule has 1 aliphatic rings. The van der Waals surface area contributed by atoms with Crippen molar-refractivity contribution in [3.05, 3.63) is 54.1 Å². The first kappa shape index (κ1) is 23.1. The third kappa shape index (κ3) is 6.43. The largest absolute Gasteiger partial charge is 0.484 e. The topological polar surface area (TPSA) is 88.2 Å². The number of hydrogen-bond donors (Lipinski definition) is 1. The molecule has 1 N–H and O–H groups in total. The van der Waals surface area contributed by atoms with E-state index in [1.807, 2.05) is 6.92 Å². The predicted octanol–water partition coefficient (Wildman–Crippen LogP) is 1.65. The third-order valence-corrected chi connectivity index (χ3v) is 6.90. The molecule has 0 spiro atoms. The molecule has 0 bridgehead atoms. The Morgan fingerprint density at radius 2 is 1.74 bits per heavy atom. The minimum Gasteiger partial charge on any atom is -0.484 e.